The molecule has 4 heterocycles. The van der Waals surface area contributed by atoms with Gasteiger partial charge in [0.25, 0.3) is 11.9 Å². The fraction of sp³-hybridized carbons (Fsp3) is 0.261. The summed E-state index contributed by atoms with van der Waals surface area (Å²) >= 11 is 0. The van der Waals surface area contributed by atoms with Gasteiger partial charge in [0, 0.05) is 42.0 Å². The number of halogens is 2. The lowest BCUT2D eigenvalue weighted by molar-refractivity contribution is 0.0256. The molecule has 5 rings (SSSR count). The van der Waals surface area contributed by atoms with Crippen molar-refractivity contribution in [2.75, 3.05) is 24.6 Å². The molecule has 7 nitrogen and oxygen atoms in total. The van der Waals surface area contributed by atoms with Crippen LogP contribution in [0.1, 0.15) is 23.5 Å². The zero-order valence-electron chi connectivity index (χ0n) is 17.1. The van der Waals surface area contributed by atoms with Crippen molar-refractivity contribution in [2.45, 2.75) is 18.3 Å². The number of ether oxygens (including phenoxy) is 2. The average Bonchev–Trinajstić information content (AvgIpc) is 3.16. The first-order valence-electron chi connectivity index (χ1n) is 10.2. The topological polar surface area (TPSA) is 97.4 Å². The van der Waals surface area contributed by atoms with Crippen molar-refractivity contribution in [1.29, 1.82) is 5.41 Å². The van der Waals surface area contributed by atoms with Gasteiger partial charge in [-0.25, -0.2) is 13.8 Å². The van der Waals surface area contributed by atoms with Gasteiger partial charge in [0.1, 0.15) is 23.9 Å². The molecule has 1 aromatic carbocycles. The third-order valence-electron chi connectivity index (χ3n) is 5.76. The summed E-state index contributed by atoms with van der Waals surface area (Å²) in [5, 5.41) is 7.49. The third kappa shape index (κ3) is 3.81. The number of hydrogen-bond acceptors (Lipinski definition) is 6. The summed E-state index contributed by atoms with van der Waals surface area (Å²) in [5.41, 5.74) is 8.95. The quantitative estimate of drug-likeness (QED) is 0.470. The first-order chi connectivity index (χ1) is 15.4. The Bertz CT molecular complexity index is 1170. The molecule has 2 aliphatic heterocycles. The van der Waals surface area contributed by atoms with Gasteiger partial charge in [-0.05, 0) is 29.8 Å². The zero-order chi connectivity index (χ0) is 22.3. The van der Waals surface area contributed by atoms with E-state index in [-0.39, 0.29) is 32.0 Å². The van der Waals surface area contributed by atoms with E-state index in [1.165, 1.54) is 0 Å². The maximum absolute atomic E-state index is 13.8. The third-order valence-corrected chi connectivity index (χ3v) is 5.76. The second kappa shape index (κ2) is 7.74. The van der Waals surface area contributed by atoms with Gasteiger partial charge in [0.15, 0.2) is 0 Å². The summed E-state index contributed by atoms with van der Waals surface area (Å²) in [6.07, 6.45) is 4.84. The van der Waals surface area contributed by atoms with E-state index in [1.807, 2.05) is 30.3 Å². The Labute approximate surface area is 183 Å². The molecule has 0 bridgehead atoms. The summed E-state index contributed by atoms with van der Waals surface area (Å²) in [7, 11) is 0. The van der Waals surface area contributed by atoms with Crippen LogP contribution in [0, 0.1) is 5.41 Å². The number of hydrogen-bond donors (Lipinski definition) is 2. The summed E-state index contributed by atoms with van der Waals surface area (Å²) < 4.78 is 39.0. The molecule has 3 N–H and O–H groups in total. The minimum atomic E-state index is -2.73. The molecule has 1 atom stereocenters. The van der Waals surface area contributed by atoms with E-state index in [9.17, 15) is 8.78 Å². The maximum Gasteiger partial charge on any atom is 0.279 e. The molecule has 0 saturated carbocycles. The van der Waals surface area contributed by atoms with Crippen LogP contribution in [0.2, 0.25) is 0 Å². The number of anilines is 1. The van der Waals surface area contributed by atoms with Crippen molar-refractivity contribution in [1.82, 2.24) is 9.97 Å². The van der Waals surface area contributed by atoms with Crippen LogP contribution >= 0.6 is 0 Å². The second-order valence-electron chi connectivity index (χ2n) is 7.93. The lowest BCUT2D eigenvalue weighted by Crippen LogP contribution is -2.26. The molecule has 1 saturated heterocycles. The fourth-order valence-electron chi connectivity index (χ4n) is 4.17. The Kier molecular flexibility index (Phi) is 4.88. The highest BCUT2D eigenvalue weighted by Crippen LogP contribution is 2.46. The summed E-state index contributed by atoms with van der Waals surface area (Å²) in [5.74, 6) is -1.41. The highest BCUT2D eigenvalue weighted by atomic mass is 19.3. The van der Waals surface area contributed by atoms with Crippen molar-refractivity contribution in [2.24, 2.45) is 5.73 Å². The lowest BCUT2D eigenvalue weighted by atomic mass is 9.87. The number of nitrogens with one attached hydrogen (secondary N) is 1. The van der Waals surface area contributed by atoms with E-state index >= 15 is 0 Å². The Morgan fingerprint density at radius 3 is 2.75 bits per heavy atom. The number of rotatable bonds is 4. The number of amidine groups is 1. The van der Waals surface area contributed by atoms with Gasteiger partial charge in [-0.3, -0.25) is 10.4 Å². The van der Waals surface area contributed by atoms with Gasteiger partial charge in [-0.2, -0.15) is 0 Å². The van der Waals surface area contributed by atoms with E-state index in [0.29, 0.717) is 17.3 Å². The van der Waals surface area contributed by atoms with Crippen LogP contribution in [0.15, 0.2) is 55.0 Å². The van der Waals surface area contributed by atoms with Gasteiger partial charge in [-0.1, -0.05) is 12.1 Å². The van der Waals surface area contributed by atoms with Gasteiger partial charge in [-0.15, -0.1) is 0 Å². The average molecular weight is 437 g/mol. The van der Waals surface area contributed by atoms with E-state index in [1.54, 1.807) is 29.6 Å². The molecule has 2 aromatic heterocycles. The molecule has 2 aliphatic rings. The molecule has 32 heavy (non-hydrogen) atoms. The minimum Gasteiger partial charge on any atom is -0.465 e. The van der Waals surface area contributed by atoms with Crippen LogP contribution in [0.25, 0.3) is 11.1 Å². The highest BCUT2D eigenvalue weighted by Gasteiger charge is 2.39. The summed E-state index contributed by atoms with van der Waals surface area (Å²) in [4.78, 5) is 10.1. The number of aromatic nitrogens is 2. The smallest absolute Gasteiger partial charge is 0.279 e. The van der Waals surface area contributed by atoms with Crippen molar-refractivity contribution in [3.05, 3.63) is 66.1 Å². The van der Waals surface area contributed by atoms with Crippen LogP contribution in [0.3, 0.4) is 0 Å². The Morgan fingerprint density at radius 1 is 1.19 bits per heavy atom. The van der Waals surface area contributed by atoms with Gasteiger partial charge in [0.05, 0.1) is 18.7 Å². The van der Waals surface area contributed by atoms with E-state index in [4.69, 9.17) is 20.6 Å². The van der Waals surface area contributed by atoms with E-state index in [2.05, 4.69) is 9.97 Å². The van der Waals surface area contributed by atoms with E-state index in [0.717, 1.165) is 22.3 Å². The molecular weight excluding hydrogens is 416 g/mol. The zero-order valence-corrected chi connectivity index (χ0v) is 17.1. The maximum atomic E-state index is 13.8. The SMILES string of the molecule is N=C(N)OCC1c2cc(-c3cccnc3)ccc2Oc2cnc(N3CCC(F)(F)C3)cc21. The van der Waals surface area contributed by atoms with E-state index < -0.39 is 11.9 Å². The minimum absolute atomic E-state index is 0.106. The molecule has 3 aromatic rings. The van der Waals surface area contributed by atoms with Crippen molar-refractivity contribution in [3.63, 3.8) is 0 Å². The molecule has 164 valence electrons. The van der Waals surface area contributed by atoms with Crippen molar-refractivity contribution < 1.29 is 18.3 Å². The molecule has 0 radical (unpaired) electrons. The molecule has 0 aliphatic carbocycles. The molecule has 0 amide bonds. The second-order valence-corrected chi connectivity index (χ2v) is 7.93. The van der Waals surface area contributed by atoms with Crippen LogP contribution in [0.4, 0.5) is 14.6 Å². The first kappa shape index (κ1) is 20.2. The molecule has 9 heteroatoms. The first-order valence-corrected chi connectivity index (χ1v) is 10.2. The van der Waals surface area contributed by atoms with Crippen LogP contribution in [-0.2, 0) is 4.74 Å². The lowest BCUT2D eigenvalue weighted by Gasteiger charge is -2.29. The van der Waals surface area contributed by atoms with Crippen LogP contribution in [-0.4, -0.2) is 41.6 Å². The van der Waals surface area contributed by atoms with Crippen molar-refractivity contribution >= 4 is 11.8 Å². The molecule has 1 unspecified atom stereocenters. The largest absolute Gasteiger partial charge is 0.465 e. The van der Waals surface area contributed by atoms with Crippen LogP contribution < -0.4 is 15.4 Å². The number of pyridine rings is 2. The number of alkyl halides is 2. The Balaban J connectivity index is 1.55. The number of nitrogens with zero attached hydrogens (tertiary/aromatic N) is 3. The van der Waals surface area contributed by atoms with Crippen molar-refractivity contribution in [3.8, 4) is 22.6 Å². The fourth-order valence-corrected chi connectivity index (χ4v) is 4.17. The van der Waals surface area contributed by atoms with Crippen LogP contribution in [0.5, 0.6) is 11.5 Å². The molecule has 1 fully saturated rings. The standard InChI is InChI=1S/C23H21F2N5O2/c24-23(25)5-7-30(13-23)21-9-17-18(12-31-22(26)27)16-8-14(15-2-1-6-28-10-15)3-4-19(16)32-20(17)11-29-21/h1-4,6,8-11,18H,5,7,12-13H2,(H3,26,27). The summed E-state index contributed by atoms with van der Waals surface area (Å²) in [6, 6.07) is 11.0. The monoisotopic (exact) mass is 437 g/mol. The van der Waals surface area contributed by atoms with Gasteiger partial charge >= 0.3 is 0 Å². The van der Waals surface area contributed by atoms with Gasteiger partial charge < -0.3 is 20.1 Å². The number of benzene rings is 1. The highest BCUT2D eigenvalue weighted by molar-refractivity contribution is 5.69. The normalized spacial score (nSPS) is 18.4. The predicted molar refractivity (Wildman–Crippen MR) is 115 cm³/mol. The van der Waals surface area contributed by atoms with Gasteiger partial charge in [0.2, 0.25) is 0 Å². The predicted octanol–water partition coefficient (Wildman–Crippen LogP) is 4.14. The Hall–Kier alpha value is -3.75. The number of fused-ring (bicyclic) bond motifs is 2. The Morgan fingerprint density at radius 2 is 2.03 bits per heavy atom. The summed E-state index contributed by atoms with van der Waals surface area (Å²) in [6.45, 7) is -0.0270. The molecule has 0 spiro atoms. The molecular formula is C23H21F2N5O2. The number of nitrogens with two attached hydrogens (primary N) is 1.